The van der Waals surface area contributed by atoms with Gasteiger partial charge in [-0.1, -0.05) is 24.8 Å². The minimum absolute atomic E-state index is 0.0293. The van der Waals surface area contributed by atoms with Crippen LogP contribution in [0.15, 0.2) is 41.8 Å². The zero-order valence-electron chi connectivity index (χ0n) is 11.2. The lowest BCUT2D eigenvalue weighted by atomic mass is 10.1. The van der Waals surface area contributed by atoms with Crippen LogP contribution < -0.4 is 0 Å². The van der Waals surface area contributed by atoms with E-state index in [-0.39, 0.29) is 25.4 Å². The number of esters is 2. The molecule has 1 aromatic carbocycles. The lowest BCUT2D eigenvalue weighted by molar-refractivity contribution is -0.149. The number of fused-ring (bicyclic) bond motifs is 1. The summed E-state index contributed by atoms with van der Waals surface area (Å²) in [6, 6.07) is 7.18. The molecule has 0 amide bonds. The largest absolute Gasteiger partial charge is 0.461 e. The van der Waals surface area contributed by atoms with Crippen molar-refractivity contribution < 1.29 is 23.9 Å². The van der Waals surface area contributed by atoms with Crippen molar-refractivity contribution in [3.05, 3.63) is 42.5 Å². The molecule has 0 aromatic heterocycles. The first kappa shape index (κ1) is 15.3. The molecule has 0 aliphatic carbocycles. The average Bonchev–Trinajstić information content (AvgIpc) is 2.51. The van der Waals surface area contributed by atoms with Gasteiger partial charge in [-0.15, -0.1) is 11.8 Å². The van der Waals surface area contributed by atoms with Crippen molar-refractivity contribution in [3.63, 3.8) is 0 Å². The Balaban J connectivity index is 1.86. The predicted octanol–water partition coefficient (Wildman–Crippen LogP) is 2.01. The quantitative estimate of drug-likeness (QED) is 0.471. The standard InChI is InChI=1S/C15H14O5S/c1-2-14(17)19-7-8-20-15(18)13-9-11(16)10-5-3-4-6-12(10)21-13/h2-6,13H,1,7-9H2. The fourth-order valence-corrected chi connectivity index (χ4v) is 3.01. The van der Waals surface area contributed by atoms with Crippen LogP contribution in [0.4, 0.5) is 0 Å². The van der Waals surface area contributed by atoms with Crippen molar-refractivity contribution >= 4 is 29.5 Å². The van der Waals surface area contributed by atoms with Gasteiger partial charge in [0.1, 0.15) is 18.5 Å². The number of carbonyl (C=O) groups is 3. The van der Waals surface area contributed by atoms with Gasteiger partial charge in [0, 0.05) is 23.0 Å². The highest BCUT2D eigenvalue weighted by Gasteiger charge is 2.31. The summed E-state index contributed by atoms with van der Waals surface area (Å²) in [5, 5.41) is -0.553. The highest BCUT2D eigenvalue weighted by Crippen LogP contribution is 2.35. The lowest BCUT2D eigenvalue weighted by Crippen LogP contribution is -2.28. The van der Waals surface area contributed by atoms with E-state index in [0.717, 1.165) is 11.0 Å². The number of hydrogen-bond acceptors (Lipinski definition) is 6. The van der Waals surface area contributed by atoms with E-state index in [1.165, 1.54) is 11.8 Å². The number of hydrogen-bond donors (Lipinski definition) is 0. The van der Waals surface area contributed by atoms with Crippen LogP contribution in [0.2, 0.25) is 0 Å². The van der Waals surface area contributed by atoms with Crippen LogP contribution in [0.25, 0.3) is 0 Å². The SMILES string of the molecule is C=CC(=O)OCCOC(=O)C1CC(=O)c2ccccc2S1. The van der Waals surface area contributed by atoms with Gasteiger partial charge in [0.2, 0.25) is 0 Å². The van der Waals surface area contributed by atoms with Gasteiger partial charge in [0.25, 0.3) is 0 Å². The molecule has 0 spiro atoms. The van der Waals surface area contributed by atoms with Gasteiger partial charge >= 0.3 is 11.9 Å². The van der Waals surface area contributed by atoms with E-state index in [0.29, 0.717) is 5.56 Å². The van der Waals surface area contributed by atoms with E-state index in [1.807, 2.05) is 12.1 Å². The lowest BCUT2D eigenvalue weighted by Gasteiger charge is -2.21. The fraction of sp³-hybridized carbons (Fsp3) is 0.267. The topological polar surface area (TPSA) is 69.7 Å². The summed E-state index contributed by atoms with van der Waals surface area (Å²) in [5.74, 6) is -1.11. The van der Waals surface area contributed by atoms with Gasteiger partial charge in [-0.2, -0.15) is 0 Å². The fourth-order valence-electron chi connectivity index (χ4n) is 1.84. The second kappa shape index (κ2) is 7.08. The molecule has 0 bridgehead atoms. The molecular weight excluding hydrogens is 292 g/mol. The molecule has 1 heterocycles. The molecule has 1 aliphatic heterocycles. The summed E-state index contributed by atoms with van der Waals surface area (Å²) in [7, 11) is 0. The van der Waals surface area contributed by atoms with Crippen LogP contribution >= 0.6 is 11.8 Å². The molecule has 110 valence electrons. The first-order valence-electron chi connectivity index (χ1n) is 6.36. The second-order valence-electron chi connectivity index (χ2n) is 4.27. The zero-order valence-corrected chi connectivity index (χ0v) is 12.1. The summed E-state index contributed by atoms with van der Waals surface area (Å²) >= 11 is 1.32. The molecule has 1 aliphatic rings. The summed E-state index contributed by atoms with van der Waals surface area (Å²) < 4.78 is 9.71. The maximum Gasteiger partial charge on any atom is 0.330 e. The van der Waals surface area contributed by atoms with Crippen molar-refractivity contribution in [3.8, 4) is 0 Å². The molecule has 21 heavy (non-hydrogen) atoms. The molecule has 1 unspecified atom stereocenters. The van der Waals surface area contributed by atoms with Crippen LogP contribution in [-0.4, -0.2) is 36.2 Å². The highest BCUT2D eigenvalue weighted by atomic mass is 32.2. The Kier molecular flexibility index (Phi) is 5.16. The second-order valence-corrected chi connectivity index (χ2v) is 5.51. The van der Waals surface area contributed by atoms with Crippen LogP contribution in [-0.2, 0) is 19.1 Å². The summed E-state index contributed by atoms with van der Waals surface area (Å²) in [6.45, 7) is 3.19. The first-order chi connectivity index (χ1) is 10.1. The van der Waals surface area contributed by atoms with E-state index in [4.69, 9.17) is 9.47 Å². The van der Waals surface area contributed by atoms with Gasteiger partial charge in [0.05, 0.1) is 0 Å². The average molecular weight is 306 g/mol. The monoisotopic (exact) mass is 306 g/mol. The Bertz CT molecular complexity index is 581. The molecule has 0 saturated heterocycles. The van der Waals surface area contributed by atoms with Crippen LogP contribution in [0.1, 0.15) is 16.8 Å². The van der Waals surface area contributed by atoms with E-state index in [2.05, 4.69) is 6.58 Å². The Morgan fingerprint density at radius 3 is 2.76 bits per heavy atom. The number of Topliss-reactive ketones (excluding diaryl/α,β-unsaturated/α-hetero) is 1. The smallest absolute Gasteiger partial charge is 0.330 e. The molecule has 1 aromatic rings. The van der Waals surface area contributed by atoms with Crippen LogP contribution in [0, 0.1) is 0 Å². The molecule has 0 N–H and O–H groups in total. The minimum atomic E-state index is -0.567. The Morgan fingerprint density at radius 2 is 2.00 bits per heavy atom. The summed E-state index contributed by atoms with van der Waals surface area (Å²) in [4.78, 5) is 35.5. The van der Waals surface area contributed by atoms with Gasteiger partial charge in [-0.05, 0) is 6.07 Å². The van der Waals surface area contributed by atoms with Gasteiger partial charge < -0.3 is 9.47 Å². The van der Waals surface area contributed by atoms with Crippen LogP contribution in [0.5, 0.6) is 0 Å². The Morgan fingerprint density at radius 1 is 1.29 bits per heavy atom. The third-order valence-electron chi connectivity index (χ3n) is 2.83. The Hall–Kier alpha value is -2.08. The molecule has 2 rings (SSSR count). The van der Waals surface area contributed by atoms with E-state index < -0.39 is 17.2 Å². The van der Waals surface area contributed by atoms with Crippen molar-refractivity contribution in [2.24, 2.45) is 0 Å². The van der Waals surface area contributed by atoms with Crippen molar-refractivity contribution in [1.82, 2.24) is 0 Å². The highest BCUT2D eigenvalue weighted by molar-refractivity contribution is 8.00. The molecule has 5 nitrogen and oxygen atoms in total. The maximum absolute atomic E-state index is 12.0. The third-order valence-corrected chi connectivity index (χ3v) is 4.08. The maximum atomic E-state index is 12.0. The molecule has 1 atom stereocenters. The van der Waals surface area contributed by atoms with Crippen molar-refractivity contribution in [2.45, 2.75) is 16.6 Å². The number of benzene rings is 1. The number of rotatable bonds is 5. The third kappa shape index (κ3) is 3.95. The normalized spacial score (nSPS) is 16.8. The van der Waals surface area contributed by atoms with Crippen LogP contribution in [0.3, 0.4) is 0 Å². The number of thioether (sulfide) groups is 1. The zero-order chi connectivity index (χ0) is 15.2. The van der Waals surface area contributed by atoms with E-state index in [1.54, 1.807) is 12.1 Å². The number of ether oxygens (including phenoxy) is 2. The van der Waals surface area contributed by atoms with Gasteiger partial charge in [-0.25, -0.2) is 4.79 Å². The Labute approximate surface area is 126 Å². The minimum Gasteiger partial charge on any atom is -0.461 e. The molecule has 0 saturated carbocycles. The van der Waals surface area contributed by atoms with Crippen molar-refractivity contribution in [2.75, 3.05) is 13.2 Å². The molecular formula is C15H14O5S. The predicted molar refractivity (Wildman–Crippen MR) is 77.1 cm³/mol. The summed E-state index contributed by atoms with van der Waals surface area (Å²) in [5.41, 5.74) is 0.645. The number of carbonyl (C=O) groups excluding carboxylic acids is 3. The summed E-state index contributed by atoms with van der Waals surface area (Å²) in [6.07, 6.45) is 1.15. The molecule has 0 fully saturated rings. The van der Waals surface area contributed by atoms with E-state index in [9.17, 15) is 14.4 Å². The van der Waals surface area contributed by atoms with Gasteiger partial charge in [-0.3, -0.25) is 9.59 Å². The van der Waals surface area contributed by atoms with Crippen molar-refractivity contribution in [1.29, 1.82) is 0 Å². The number of ketones is 1. The molecule has 0 radical (unpaired) electrons. The molecule has 6 heteroatoms. The van der Waals surface area contributed by atoms with Gasteiger partial charge in [0.15, 0.2) is 5.78 Å². The first-order valence-corrected chi connectivity index (χ1v) is 7.24. The van der Waals surface area contributed by atoms with E-state index >= 15 is 0 Å².